The maximum atomic E-state index is 5.85. The largest absolute Gasteiger partial charge is 0.377 e. The molecule has 0 aliphatic carbocycles. The molecule has 1 atom stereocenters. The lowest BCUT2D eigenvalue weighted by atomic mass is 10.1. The van der Waals surface area contributed by atoms with Gasteiger partial charge in [0, 0.05) is 37.5 Å². The highest BCUT2D eigenvalue weighted by Gasteiger charge is 2.24. The molecule has 0 radical (unpaired) electrons. The van der Waals surface area contributed by atoms with Gasteiger partial charge in [-0.25, -0.2) is 0 Å². The second-order valence-corrected chi connectivity index (χ2v) is 5.26. The Morgan fingerprint density at radius 2 is 2.18 bits per heavy atom. The molecule has 2 rings (SSSR count). The second-order valence-electron chi connectivity index (χ2n) is 5.26. The lowest BCUT2D eigenvalue weighted by Crippen LogP contribution is -2.22. The first-order valence-electron chi connectivity index (χ1n) is 6.25. The standard InChI is InChI=1S/C14H22N2O/c1-10(2)9-17-14-8-11-12(15-14)6-5-7-13(11)16(3)4/h5-7,10,14-15H,8-9H2,1-4H3. The van der Waals surface area contributed by atoms with Crippen LogP contribution in [0.3, 0.4) is 0 Å². The van der Waals surface area contributed by atoms with Gasteiger partial charge < -0.3 is 15.0 Å². The molecule has 1 unspecified atom stereocenters. The summed E-state index contributed by atoms with van der Waals surface area (Å²) in [6.45, 7) is 5.16. The molecule has 1 aromatic carbocycles. The molecule has 94 valence electrons. The number of fused-ring (bicyclic) bond motifs is 1. The summed E-state index contributed by atoms with van der Waals surface area (Å²) < 4.78 is 5.85. The highest BCUT2D eigenvalue weighted by atomic mass is 16.5. The molecule has 1 N–H and O–H groups in total. The molecule has 0 fully saturated rings. The molecule has 0 saturated heterocycles. The van der Waals surface area contributed by atoms with E-state index in [0.717, 1.165) is 13.0 Å². The molecular weight excluding hydrogens is 212 g/mol. The number of rotatable bonds is 4. The predicted molar refractivity (Wildman–Crippen MR) is 72.7 cm³/mol. The molecule has 0 amide bonds. The Morgan fingerprint density at radius 3 is 2.82 bits per heavy atom. The molecule has 3 heteroatoms. The Labute approximate surface area is 104 Å². The Morgan fingerprint density at radius 1 is 1.41 bits per heavy atom. The van der Waals surface area contributed by atoms with Gasteiger partial charge in [-0.3, -0.25) is 0 Å². The van der Waals surface area contributed by atoms with E-state index < -0.39 is 0 Å². The smallest absolute Gasteiger partial charge is 0.131 e. The SMILES string of the molecule is CC(C)COC1Cc2c(cccc2N(C)C)N1. The average Bonchev–Trinajstić information content (AvgIpc) is 2.68. The van der Waals surface area contributed by atoms with Crippen LogP contribution in [0.5, 0.6) is 0 Å². The van der Waals surface area contributed by atoms with Crippen molar-refractivity contribution in [2.45, 2.75) is 26.5 Å². The number of nitrogens with zero attached hydrogens (tertiary/aromatic N) is 1. The number of hydrogen-bond acceptors (Lipinski definition) is 3. The molecular formula is C14H22N2O. The van der Waals surface area contributed by atoms with Gasteiger partial charge in [0.15, 0.2) is 0 Å². The molecule has 0 aromatic heterocycles. The minimum atomic E-state index is 0.133. The van der Waals surface area contributed by atoms with Gasteiger partial charge in [0.2, 0.25) is 0 Å². The highest BCUT2D eigenvalue weighted by molar-refractivity contribution is 5.69. The number of nitrogens with one attached hydrogen (secondary N) is 1. The van der Waals surface area contributed by atoms with Gasteiger partial charge >= 0.3 is 0 Å². The topological polar surface area (TPSA) is 24.5 Å². The number of anilines is 2. The normalized spacial score (nSPS) is 18.1. The van der Waals surface area contributed by atoms with Crippen molar-refractivity contribution in [1.82, 2.24) is 0 Å². The average molecular weight is 234 g/mol. The van der Waals surface area contributed by atoms with Crippen LogP contribution in [0.15, 0.2) is 18.2 Å². The van der Waals surface area contributed by atoms with Gasteiger partial charge in [0.05, 0.1) is 6.61 Å². The molecule has 0 spiro atoms. The molecule has 0 bridgehead atoms. The quantitative estimate of drug-likeness (QED) is 0.867. The van der Waals surface area contributed by atoms with Crippen molar-refractivity contribution >= 4 is 11.4 Å². The summed E-state index contributed by atoms with van der Waals surface area (Å²) in [5.41, 5.74) is 3.86. The van der Waals surface area contributed by atoms with E-state index in [4.69, 9.17) is 4.74 Å². The zero-order valence-corrected chi connectivity index (χ0v) is 11.2. The summed E-state index contributed by atoms with van der Waals surface area (Å²) >= 11 is 0. The first-order valence-corrected chi connectivity index (χ1v) is 6.25. The lowest BCUT2D eigenvalue weighted by Gasteiger charge is -2.16. The Kier molecular flexibility index (Phi) is 3.57. The van der Waals surface area contributed by atoms with Gasteiger partial charge in [-0.15, -0.1) is 0 Å². The fraction of sp³-hybridized carbons (Fsp3) is 0.571. The molecule has 1 aromatic rings. The van der Waals surface area contributed by atoms with Gasteiger partial charge in [-0.05, 0) is 18.1 Å². The number of hydrogen-bond donors (Lipinski definition) is 1. The van der Waals surface area contributed by atoms with Crippen LogP contribution in [-0.2, 0) is 11.2 Å². The fourth-order valence-electron chi connectivity index (χ4n) is 2.16. The third-order valence-corrected chi connectivity index (χ3v) is 2.97. The molecule has 1 aliphatic rings. The zero-order valence-electron chi connectivity index (χ0n) is 11.2. The fourth-order valence-corrected chi connectivity index (χ4v) is 2.16. The molecule has 0 saturated carbocycles. The minimum absolute atomic E-state index is 0.133. The summed E-state index contributed by atoms with van der Waals surface area (Å²) in [4.78, 5) is 2.16. The van der Waals surface area contributed by atoms with Crippen molar-refractivity contribution in [3.8, 4) is 0 Å². The molecule has 1 aliphatic heterocycles. The van der Waals surface area contributed by atoms with Crippen LogP contribution < -0.4 is 10.2 Å². The minimum Gasteiger partial charge on any atom is -0.377 e. The van der Waals surface area contributed by atoms with Crippen LogP contribution in [0.25, 0.3) is 0 Å². The van der Waals surface area contributed by atoms with E-state index in [1.165, 1.54) is 16.9 Å². The number of ether oxygens (including phenoxy) is 1. The maximum absolute atomic E-state index is 5.85. The summed E-state index contributed by atoms with van der Waals surface area (Å²) in [6.07, 6.45) is 1.09. The van der Waals surface area contributed by atoms with Crippen LogP contribution in [0.4, 0.5) is 11.4 Å². The Bertz CT molecular complexity index is 388. The first kappa shape index (κ1) is 12.2. The molecule has 3 nitrogen and oxygen atoms in total. The lowest BCUT2D eigenvalue weighted by molar-refractivity contribution is 0.0579. The van der Waals surface area contributed by atoms with E-state index in [-0.39, 0.29) is 6.23 Å². The van der Waals surface area contributed by atoms with Gasteiger partial charge in [0.1, 0.15) is 6.23 Å². The van der Waals surface area contributed by atoms with Crippen molar-refractivity contribution in [2.75, 3.05) is 30.9 Å². The summed E-state index contributed by atoms with van der Waals surface area (Å²) in [7, 11) is 4.16. The van der Waals surface area contributed by atoms with Gasteiger partial charge in [0.25, 0.3) is 0 Å². The van der Waals surface area contributed by atoms with Crippen LogP contribution in [-0.4, -0.2) is 26.9 Å². The van der Waals surface area contributed by atoms with E-state index in [0.29, 0.717) is 5.92 Å². The van der Waals surface area contributed by atoms with Crippen LogP contribution in [0.1, 0.15) is 19.4 Å². The van der Waals surface area contributed by atoms with Gasteiger partial charge in [-0.2, -0.15) is 0 Å². The van der Waals surface area contributed by atoms with Crippen molar-refractivity contribution in [1.29, 1.82) is 0 Å². The summed E-state index contributed by atoms with van der Waals surface area (Å²) in [5.74, 6) is 0.578. The third kappa shape index (κ3) is 2.72. The van der Waals surface area contributed by atoms with Crippen molar-refractivity contribution in [3.63, 3.8) is 0 Å². The van der Waals surface area contributed by atoms with Crippen molar-refractivity contribution < 1.29 is 4.74 Å². The summed E-state index contributed by atoms with van der Waals surface area (Å²) in [6, 6.07) is 6.37. The van der Waals surface area contributed by atoms with Crippen LogP contribution >= 0.6 is 0 Å². The van der Waals surface area contributed by atoms with Gasteiger partial charge in [-0.1, -0.05) is 19.9 Å². The van der Waals surface area contributed by atoms with E-state index in [1.54, 1.807) is 0 Å². The van der Waals surface area contributed by atoms with Crippen molar-refractivity contribution in [3.05, 3.63) is 23.8 Å². The van der Waals surface area contributed by atoms with E-state index >= 15 is 0 Å². The van der Waals surface area contributed by atoms with Crippen LogP contribution in [0, 0.1) is 5.92 Å². The molecule has 1 heterocycles. The summed E-state index contributed by atoms with van der Waals surface area (Å²) in [5, 5.41) is 3.44. The second kappa shape index (κ2) is 4.96. The highest BCUT2D eigenvalue weighted by Crippen LogP contribution is 2.33. The molecule has 17 heavy (non-hydrogen) atoms. The Hall–Kier alpha value is -1.22. The van der Waals surface area contributed by atoms with Crippen LogP contribution in [0.2, 0.25) is 0 Å². The monoisotopic (exact) mass is 234 g/mol. The van der Waals surface area contributed by atoms with Crippen molar-refractivity contribution in [2.24, 2.45) is 5.92 Å². The Balaban J connectivity index is 2.08. The maximum Gasteiger partial charge on any atom is 0.131 e. The third-order valence-electron chi connectivity index (χ3n) is 2.97. The number of benzene rings is 1. The van der Waals surface area contributed by atoms with E-state index in [2.05, 4.69) is 56.4 Å². The zero-order chi connectivity index (χ0) is 12.4. The van der Waals surface area contributed by atoms with E-state index in [1.807, 2.05) is 0 Å². The van der Waals surface area contributed by atoms with E-state index in [9.17, 15) is 0 Å². The predicted octanol–water partition coefficient (Wildman–Crippen LogP) is 2.72. The first-order chi connectivity index (χ1) is 8.08.